The molecule has 0 amide bonds. The lowest BCUT2D eigenvalue weighted by atomic mass is 10.1. The van der Waals surface area contributed by atoms with Crippen molar-refractivity contribution in [3.63, 3.8) is 0 Å². The Hall–Kier alpha value is -1.82. The standard InChI is InChI=1S/C13H16N4OS/c1-8-6-9(2)15-13(18)10(8)7-14-11-4-5-12(19-3)17-16-11/h4-6H,7H2,1-3H3,(H,14,16)(H,15,18). The second-order valence-corrected chi connectivity index (χ2v) is 5.08. The number of H-pyrrole nitrogens is 1. The van der Waals surface area contributed by atoms with E-state index in [0.29, 0.717) is 12.4 Å². The highest BCUT2D eigenvalue weighted by molar-refractivity contribution is 7.98. The van der Waals surface area contributed by atoms with Gasteiger partial charge in [0.1, 0.15) is 10.8 Å². The number of anilines is 1. The molecular weight excluding hydrogens is 260 g/mol. The van der Waals surface area contributed by atoms with Gasteiger partial charge in [-0.25, -0.2) is 0 Å². The quantitative estimate of drug-likeness (QED) is 0.837. The van der Waals surface area contributed by atoms with E-state index in [2.05, 4.69) is 20.5 Å². The highest BCUT2D eigenvalue weighted by atomic mass is 32.2. The molecule has 0 atom stereocenters. The van der Waals surface area contributed by atoms with Gasteiger partial charge in [-0.2, -0.15) is 0 Å². The van der Waals surface area contributed by atoms with Crippen LogP contribution in [0.25, 0.3) is 0 Å². The summed E-state index contributed by atoms with van der Waals surface area (Å²) in [4.78, 5) is 14.6. The molecule has 100 valence electrons. The van der Waals surface area contributed by atoms with Crippen LogP contribution in [0.1, 0.15) is 16.8 Å². The number of pyridine rings is 1. The third-order valence-electron chi connectivity index (χ3n) is 2.79. The summed E-state index contributed by atoms with van der Waals surface area (Å²) in [5, 5.41) is 12.1. The van der Waals surface area contributed by atoms with Crippen molar-refractivity contribution in [2.45, 2.75) is 25.4 Å². The monoisotopic (exact) mass is 276 g/mol. The summed E-state index contributed by atoms with van der Waals surface area (Å²) in [6, 6.07) is 5.71. The average molecular weight is 276 g/mol. The lowest BCUT2D eigenvalue weighted by Gasteiger charge is -2.08. The normalized spacial score (nSPS) is 10.5. The Morgan fingerprint density at radius 3 is 2.68 bits per heavy atom. The lowest BCUT2D eigenvalue weighted by Crippen LogP contribution is -2.18. The lowest BCUT2D eigenvalue weighted by molar-refractivity contribution is 0.914. The number of nitrogens with one attached hydrogen (secondary N) is 2. The molecule has 0 aliphatic heterocycles. The number of rotatable bonds is 4. The van der Waals surface area contributed by atoms with E-state index in [9.17, 15) is 4.79 Å². The van der Waals surface area contributed by atoms with Crippen molar-refractivity contribution in [2.75, 3.05) is 11.6 Å². The van der Waals surface area contributed by atoms with Crippen molar-refractivity contribution in [2.24, 2.45) is 0 Å². The topological polar surface area (TPSA) is 70.7 Å². The van der Waals surface area contributed by atoms with Gasteiger partial charge in [-0.15, -0.1) is 22.0 Å². The van der Waals surface area contributed by atoms with Gasteiger partial charge in [-0.05, 0) is 43.9 Å². The van der Waals surface area contributed by atoms with E-state index in [-0.39, 0.29) is 5.56 Å². The van der Waals surface area contributed by atoms with Gasteiger partial charge >= 0.3 is 0 Å². The van der Waals surface area contributed by atoms with Crippen LogP contribution in [-0.2, 0) is 6.54 Å². The minimum absolute atomic E-state index is 0.0568. The van der Waals surface area contributed by atoms with Gasteiger partial charge in [0, 0.05) is 17.8 Å². The van der Waals surface area contributed by atoms with Gasteiger partial charge in [-0.3, -0.25) is 4.79 Å². The zero-order valence-corrected chi connectivity index (χ0v) is 12.0. The van der Waals surface area contributed by atoms with Crippen LogP contribution in [0.5, 0.6) is 0 Å². The molecule has 2 aromatic heterocycles. The third-order valence-corrected chi connectivity index (χ3v) is 3.43. The van der Waals surface area contributed by atoms with Crippen LogP contribution in [-0.4, -0.2) is 21.4 Å². The Kier molecular flexibility index (Phi) is 4.21. The fourth-order valence-electron chi connectivity index (χ4n) is 1.80. The molecule has 0 aliphatic rings. The van der Waals surface area contributed by atoms with Crippen molar-refractivity contribution in [1.82, 2.24) is 15.2 Å². The number of nitrogens with zero attached hydrogens (tertiary/aromatic N) is 2. The molecule has 0 radical (unpaired) electrons. The maximum absolute atomic E-state index is 11.8. The van der Waals surface area contributed by atoms with E-state index in [1.807, 2.05) is 38.3 Å². The summed E-state index contributed by atoms with van der Waals surface area (Å²) in [5.41, 5.74) is 2.51. The van der Waals surface area contributed by atoms with E-state index in [1.165, 1.54) is 0 Å². The summed E-state index contributed by atoms with van der Waals surface area (Å²) in [5.74, 6) is 0.664. The SMILES string of the molecule is CSc1ccc(NCc2c(C)cc(C)[nH]c2=O)nn1. The molecule has 19 heavy (non-hydrogen) atoms. The fourth-order valence-corrected chi connectivity index (χ4v) is 2.13. The number of hydrogen-bond donors (Lipinski definition) is 2. The molecule has 0 unspecified atom stereocenters. The van der Waals surface area contributed by atoms with Crippen LogP contribution in [0.4, 0.5) is 5.82 Å². The van der Waals surface area contributed by atoms with Crippen molar-refractivity contribution < 1.29 is 0 Å². The molecule has 2 aromatic rings. The second-order valence-electron chi connectivity index (χ2n) is 4.26. The van der Waals surface area contributed by atoms with E-state index < -0.39 is 0 Å². The first kappa shape index (κ1) is 13.6. The van der Waals surface area contributed by atoms with Crippen LogP contribution < -0.4 is 10.9 Å². The van der Waals surface area contributed by atoms with Crippen LogP contribution in [0.2, 0.25) is 0 Å². The number of aryl methyl sites for hydroxylation is 2. The van der Waals surface area contributed by atoms with Gasteiger partial charge in [-0.1, -0.05) is 0 Å². The minimum atomic E-state index is -0.0568. The van der Waals surface area contributed by atoms with Crippen molar-refractivity contribution in [3.8, 4) is 0 Å². The molecule has 0 saturated heterocycles. The fraction of sp³-hybridized carbons (Fsp3) is 0.308. The molecule has 0 saturated carbocycles. The van der Waals surface area contributed by atoms with Crippen LogP contribution >= 0.6 is 11.8 Å². The smallest absolute Gasteiger partial charge is 0.253 e. The molecule has 0 spiro atoms. The Bertz CT molecular complexity index is 622. The summed E-state index contributed by atoms with van der Waals surface area (Å²) >= 11 is 1.54. The molecule has 5 nitrogen and oxygen atoms in total. The highest BCUT2D eigenvalue weighted by Crippen LogP contribution is 2.12. The molecule has 0 aromatic carbocycles. The molecule has 2 heterocycles. The van der Waals surface area contributed by atoms with Crippen molar-refractivity contribution in [1.29, 1.82) is 0 Å². The van der Waals surface area contributed by atoms with Crippen LogP contribution in [0.3, 0.4) is 0 Å². The number of thioether (sulfide) groups is 1. The summed E-state index contributed by atoms with van der Waals surface area (Å²) < 4.78 is 0. The summed E-state index contributed by atoms with van der Waals surface area (Å²) in [7, 11) is 0. The first-order valence-electron chi connectivity index (χ1n) is 5.91. The molecule has 2 N–H and O–H groups in total. The third kappa shape index (κ3) is 3.35. The van der Waals surface area contributed by atoms with Gasteiger partial charge in [0.05, 0.1) is 0 Å². The Morgan fingerprint density at radius 2 is 2.11 bits per heavy atom. The molecule has 6 heteroatoms. The second kappa shape index (κ2) is 5.88. The maximum atomic E-state index is 11.8. The first-order chi connectivity index (χ1) is 9.10. The summed E-state index contributed by atoms with van der Waals surface area (Å²) in [6.07, 6.45) is 1.95. The average Bonchev–Trinajstić information content (AvgIpc) is 2.38. The number of aromatic amines is 1. The highest BCUT2D eigenvalue weighted by Gasteiger charge is 2.05. The predicted molar refractivity (Wildman–Crippen MR) is 77.7 cm³/mol. The zero-order chi connectivity index (χ0) is 13.8. The van der Waals surface area contributed by atoms with E-state index >= 15 is 0 Å². The van der Waals surface area contributed by atoms with Crippen molar-refractivity contribution >= 4 is 17.6 Å². The van der Waals surface area contributed by atoms with Gasteiger partial charge < -0.3 is 10.3 Å². The zero-order valence-electron chi connectivity index (χ0n) is 11.2. The van der Waals surface area contributed by atoms with Crippen LogP contribution in [0.15, 0.2) is 28.0 Å². The summed E-state index contributed by atoms with van der Waals surface area (Å²) in [6.45, 7) is 4.24. The van der Waals surface area contributed by atoms with E-state index in [4.69, 9.17) is 0 Å². The van der Waals surface area contributed by atoms with Gasteiger partial charge in [0.2, 0.25) is 0 Å². The van der Waals surface area contributed by atoms with E-state index in [0.717, 1.165) is 21.8 Å². The molecule has 2 rings (SSSR count). The Labute approximate surface area is 115 Å². The molecular formula is C13H16N4OS. The Balaban J connectivity index is 2.12. The van der Waals surface area contributed by atoms with Crippen molar-refractivity contribution in [3.05, 3.63) is 45.4 Å². The molecule has 0 bridgehead atoms. The number of aromatic nitrogens is 3. The molecule has 0 fully saturated rings. The Morgan fingerprint density at radius 1 is 1.32 bits per heavy atom. The minimum Gasteiger partial charge on any atom is -0.364 e. The van der Waals surface area contributed by atoms with E-state index in [1.54, 1.807) is 11.8 Å². The van der Waals surface area contributed by atoms with Gasteiger partial charge in [0.25, 0.3) is 5.56 Å². The number of hydrogen-bond acceptors (Lipinski definition) is 5. The van der Waals surface area contributed by atoms with Crippen LogP contribution in [0, 0.1) is 13.8 Å². The largest absolute Gasteiger partial charge is 0.364 e. The molecule has 0 aliphatic carbocycles. The first-order valence-corrected chi connectivity index (χ1v) is 7.13. The predicted octanol–water partition coefficient (Wildman–Crippen LogP) is 2.12. The maximum Gasteiger partial charge on any atom is 0.253 e. The van der Waals surface area contributed by atoms with Gasteiger partial charge in [0.15, 0.2) is 0 Å².